The molecule has 0 bridgehead atoms. The molecule has 1 fully saturated rings. The molecule has 2 amide bonds. The maximum atomic E-state index is 13.0. The van der Waals surface area contributed by atoms with Gasteiger partial charge in [0.15, 0.2) is 0 Å². The van der Waals surface area contributed by atoms with Crippen molar-refractivity contribution in [3.05, 3.63) is 95.8 Å². The van der Waals surface area contributed by atoms with Crippen LogP contribution in [0.3, 0.4) is 0 Å². The van der Waals surface area contributed by atoms with Crippen molar-refractivity contribution >= 4 is 17.5 Å². The van der Waals surface area contributed by atoms with Gasteiger partial charge in [-0.3, -0.25) is 14.5 Å². The summed E-state index contributed by atoms with van der Waals surface area (Å²) in [5.41, 5.74) is 2.70. The number of carbonyl (C=O) groups excluding carboxylic acids is 2. The van der Waals surface area contributed by atoms with Crippen LogP contribution >= 0.6 is 0 Å². The molecule has 1 aliphatic heterocycles. The Morgan fingerprint density at radius 1 is 0.886 bits per heavy atom. The highest BCUT2D eigenvalue weighted by Gasteiger charge is 2.25. The van der Waals surface area contributed by atoms with E-state index < -0.39 is 0 Å². The summed E-state index contributed by atoms with van der Waals surface area (Å²) in [6.45, 7) is 2.61. The SMILES string of the molecule is O=C(CN1CCC(C(=O)NCc2ccc(OCc3ccccc3)cc2)CC1)Nc1ccc(F)cc1. The molecule has 3 aromatic rings. The van der Waals surface area contributed by atoms with Gasteiger partial charge in [0, 0.05) is 18.2 Å². The van der Waals surface area contributed by atoms with E-state index in [4.69, 9.17) is 4.74 Å². The highest BCUT2D eigenvalue weighted by Crippen LogP contribution is 2.19. The number of halogens is 1. The van der Waals surface area contributed by atoms with Crippen molar-refractivity contribution in [1.82, 2.24) is 10.2 Å². The number of nitrogens with zero attached hydrogens (tertiary/aromatic N) is 1. The zero-order chi connectivity index (χ0) is 24.5. The lowest BCUT2D eigenvalue weighted by atomic mass is 9.96. The van der Waals surface area contributed by atoms with Crippen molar-refractivity contribution in [2.24, 2.45) is 5.92 Å². The van der Waals surface area contributed by atoms with E-state index >= 15 is 0 Å². The van der Waals surface area contributed by atoms with E-state index in [1.807, 2.05) is 59.5 Å². The van der Waals surface area contributed by atoms with E-state index in [-0.39, 0.29) is 30.1 Å². The van der Waals surface area contributed by atoms with Crippen LogP contribution in [0, 0.1) is 11.7 Å². The average molecular weight is 476 g/mol. The lowest BCUT2D eigenvalue weighted by Crippen LogP contribution is -2.43. The molecule has 0 aromatic heterocycles. The first-order valence-corrected chi connectivity index (χ1v) is 11.9. The lowest BCUT2D eigenvalue weighted by molar-refractivity contribution is -0.126. The number of anilines is 1. The molecule has 1 saturated heterocycles. The van der Waals surface area contributed by atoms with Gasteiger partial charge in [0.1, 0.15) is 18.2 Å². The monoisotopic (exact) mass is 475 g/mol. The van der Waals surface area contributed by atoms with Crippen LogP contribution in [-0.2, 0) is 22.7 Å². The molecule has 1 aliphatic rings. The van der Waals surface area contributed by atoms with Crippen molar-refractivity contribution in [2.75, 3.05) is 25.0 Å². The van der Waals surface area contributed by atoms with E-state index in [2.05, 4.69) is 10.6 Å². The molecule has 1 heterocycles. The van der Waals surface area contributed by atoms with Gasteiger partial charge in [-0.25, -0.2) is 4.39 Å². The van der Waals surface area contributed by atoms with Crippen molar-refractivity contribution in [3.8, 4) is 5.75 Å². The Morgan fingerprint density at radius 2 is 1.57 bits per heavy atom. The quantitative estimate of drug-likeness (QED) is 0.482. The maximum Gasteiger partial charge on any atom is 0.238 e. The molecule has 0 unspecified atom stereocenters. The molecule has 0 atom stereocenters. The fourth-order valence-electron chi connectivity index (χ4n) is 4.07. The standard InChI is InChI=1S/C28H30FN3O3/c29-24-8-10-25(11-9-24)31-27(33)19-32-16-14-23(15-17-32)28(34)30-18-21-6-12-26(13-7-21)35-20-22-4-2-1-3-5-22/h1-13,23H,14-20H2,(H,30,34)(H,31,33). The Balaban J connectivity index is 1.14. The summed E-state index contributed by atoms with van der Waals surface area (Å²) < 4.78 is 18.8. The molecule has 0 spiro atoms. The number of rotatable bonds is 9. The second-order valence-corrected chi connectivity index (χ2v) is 8.74. The van der Waals surface area contributed by atoms with E-state index in [9.17, 15) is 14.0 Å². The van der Waals surface area contributed by atoms with Gasteiger partial charge in [-0.15, -0.1) is 0 Å². The fraction of sp³-hybridized carbons (Fsp3) is 0.286. The van der Waals surface area contributed by atoms with Crippen LogP contribution < -0.4 is 15.4 Å². The van der Waals surface area contributed by atoms with Gasteiger partial charge in [0.25, 0.3) is 0 Å². The van der Waals surface area contributed by atoms with Gasteiger partial charge in [-0.1, -0.05) is 42.5 Å². The Bertz CT molecular complexity index is 1100. The predicted octanol–water partition coefficient (Wildman–Crippen LogP) is 4.37. The highest BCUT2D eigenvalue weighted by molar-refractivity contribution is 5.92. The third-order valence-electron chi connectivity index (χ3n) is 6.09. The number of benzene rings is 3. The Labute approximate surface area is 205 Å². The zero-order valence-corrected chi connectivity index (χ0v) is 19.6. The summed E-state index contributed by atoms with van der Waals surface area (Å²) in [5, 5.41) is 5.80. The van der Waals surface area contributed by atoms with Crippen molar-refractivity contribution in [2.45, 2.75) is 26.0 Å². The molecule has 0 aliphatic carbocycles. The summed E-state index contributed by atoms with van der Waals surface area (Å²) >= 11 is 0. The number of hydrogen-bond donors (Lipinski definition) is 2. The summed E-state index contributed by atoms with van der Waals surface area (Å²) in [4.78, 5) is 26.9. The number of hydrogen-bond acceptors (Lipinski definition) is 4. The van der Waals surface area contributed by atoms with Gasteiger partial charge < -0.3 is 15.4 Å². The lowest BCUT2D eigenvalue weighted by Gasteiger charge is -2.30. The molecule has 7 heteroatoms. The summed E-state index contributed by atoms with van der Waals surface area (Å²) in [5.74, 6) is 0.299. The molecule has 2 N–H and O–H groups in total. The average Bonchev–Trinajstić information content (AvgIpc) is 2.89. The summed E-state index contributed by atoms with van der Waals surface area (Å²) in [7, 11) is 0. The normalized spacial score (nSPS) is 14.3. The number of carbonyl (C=O) groups is 2. The Morgan fingerprint density at radius 3 is 2.26 bits per heavy atom. The van der Waals surface area contributed by atoms with Crippen LogP contribution in [0.2, 0.25) is 0 Å². The van der Waals surface area contributed by atoms with Crippen molar-refractivity contribution < 1.29 is 18.7 Å². The molecule has 0 radical (unpaired) electrons. The number of nitrogens with one attached hydrogen (secondary N) is 2. The smallest absolute Gasteiger partial charge is 0.238 e. The highest BCUT2D eigenvalue weighted by atomic mass is 19.1. The van der Waals surface area contributed by atoms with Crippen molar-refractivity contribution in [3.63, 3.8) is 0 Å². The van der Waals surface area contributed by atoms with Crippen LogP contribution in [0.5, 0.6) is 5.75 Å². The van der Waals surface area contributed by atoms with E-state index in [0.717, 1.165) is 16.9 Å². The molecule has 4 rings (SSSR count). The van der Waals surface area contributed by atoms with Gasteiger partial charge >= 0.3 is 0 Å². The first-order valence-electron chi connectivity index (χ1n) is 11.9. The number of likely N-dealkylation sites (tertiary alicyclic amines) is 1. The predicted molar refractivity (Wildman–Crippen MR) is 133 cm³/mol. The van der Waals surface area contributed by atoms with Crippen LogP contribution in [0.4, 0.5) is 10.1 Å². The zero-order valence-electron chi connectivity index (χ0n) is 19.6. The van der Waals surface area contributed by atoms with Crippen LogP contribution in [0.1, 0.15) is 24.0 Å². The van der Waals surface area contributed by atoms with E-state index in [0.29, 0.717) is 44.8 Å². The minimum atomic E-state index is -0.340. The van der Waals surface area contributed by atoms with Gasteiger partial charge in [-0.2, -0.15) is 0 Å². The number of amides is 2. The summed E-state index contributed by atoms with van der Waals surface area (Å²) in [6.07, 6.45) is 1.42. The Hall–Kier alpha value is -3.71. The fourth-order valence-corrected chi connectivity index (χ4v) is 4.07. The molecule has 6 nitrogen and oxygen atoms in total. The largest absolute Gasteiger partial charge is 0.489 e. The first kappa shape index (κ1) is 24.4. The Kier molecular flexibility index (Phi) is 8.46. The molecular formula is C28H30FN3O3. The molecule has 35 heavy (non-hydrogen) atoms. The van der Waals surface area contributed by atoms with Crippen LogP contribution in [0.25, 0.3) is 0 Å². The third-order valence-corrected chi connectivity index (χ3v) is 6.09. The second kappa shape index (κ2) is 12.1. The van der Waals surface area contributed by atoms with Crippen LogP contribution in [-0.4, -0.2) is 36.3 Å². The summed E-state index contributed by atoms with van der Waals surface area (Å²) in [6, 6.07) is 23.5. The molecule has 182 valence electrons. The van der Waals surface area contributed by atoms with E-state index in [1.165, 1.54) is 24.3 Å². The van der Waals surface area contributed by atoms with Gasteiger partial charge in [0.2, 0.25) is 11.8 Å². The number of piperidine rings is 1. The first-order chi connectivity index (χ1) is 17.0. The minimum absolute atomic E-state index is 0.0461. The molecular weight excluding hydrogens is 445 g/mol. The minimum Gasteiger partial charge on any atom is -0.489 e. The molecule has 3 aromatic carbocycles. The van der Waals surface area contributed by atoms with E-state index in [1.54, 1.807) is 0 Å². The van der Waals surface area contributed by atoms with Crippen molar-refractivity contribution in [1.29, 1.82) is 0 Å². The van der Waals surface area contributed by atoms with Gasteiger partial charge in [0.05, 0.1) is 6.54 Å². The third kappa shape index (κ3) is 7.65. The van der Waals surface area contributed by atoms with Crippen LogP contribution in [0.15, 0.2) is 78.9 Å². The maximum absolute atomic E-state index is 13.0. The number of ether oxygens (including phenoxy) is 1. The topological polar surface area (TPSA) is 70.7 Å². The second-order valence-electron chi connectivity index (χ2n) is 8.74. The van der Waals surface area contributed by atoms with Gasteiger partial charge in [-0.05, 0) is 73.5 Å². The molecule has 0 saturated carbocycles.